The van der Waals surface area contributed by atoms with Gasteiger partial charge in [-0.3, -0.25) is 5.32 Å². The third-order valence-corrected chi connectivity index (χ3v) is 6.82. The molecule has 1 atom stereocenters. The molecule has 148 valence electrons. The van der Waals surface area contributed by atoms with E-state index in [1.807, 2.05) is 18.2 Å². The zero-order chi connectivity index (χ0) is 19.7. The Labute approximate surface area is 163 Å². The molecule has 0 saturated carbocycles. The third kappa shape index (κ3) is 3.50. The summed E-state index contributed by atoms with van der Waals surface area (Å²) in [6.07, 6.45) is 0.127. The number of rotatable bonds is 4. The van der Waals surface area contributed by atoms with Crippen molar-refractivity contribution in [1.29, 1.82) is 0 Å². The van der Waals surface area contributed by atoms with Gasteiger partial charge in [-0.1, -0.05) is 6.07 Å². The van der Waals surface area contributed by atoms with Gasteiger partial charge in [0, 0.05) is 18.8 Å². The minimum absolute atomic E-state index is 0.101. The summed E-state index contributed by atoms with van der Waals surface area (Å²) in [7, 11) is -2.35. The Morgan fingerprint density at radius 1 is 1.14 bits per heavy atom. The van der Waals surface area contributed by atoms with Crippen molar-refractivity contribution >= 4 is 21.8 Å². The number of sulfonamides is 1. The Bertz CT molecular complexity index is 990. The van der Waals surface area contributed by atoms with Crippen LogP contribution in [0.5, 0.6) is 11.5 Å². The molecule has 0 spiro atoms. The van der Waals surface area contributed by atoms with Crippen molar-refractivity contribution in [3.63, 3.8) is 0 Å². The summed E-state index contributed by atoms with van der Waals surface area (Å²) in [4.78, 5) is 11.4. The number of nitrogens with one attached hydrogen (secondary N) is 1. The van der Waals surface area contributed by atoms with E-state index in [-0.39, 0.29) is 17.6 Å². The molecule has 8 nitrogen and oxygen atoms in total. The van der Waals surface area contributed by atoms with Crippen LogP contribution in [0.2, 0.25) is 0 Å². The average molecular weight is 404 g/mol. The highest BCUT2D eigenvalue weighted by atomic mass is 32.2. The number of ether oxygens (including phenoxy) is 3. The molecule has 4 rings (SSSR count). The van der Waals surface area contributed by atoms with E-state index in [1.54, 1.807) is 0 Å². The van der Waals surface area contributed by atoms with E-state index in [0.717, 1.165) is 12.0 Å². The average Bonchev–Trinajstić information content (AvgIpc) is 3.37. The number of carbonyl (C=O) groups excluding carboxylic acids is 1. The van der Waals surface area contributed by atoms with E-state index in [4.69, 9.17) is 9.47 Å². The highest BCUT2D eigenvalue weighted by Crippen LogP contribution is 2.38. The molecule has 2 aliphatic rings. The van der Waals surface area contributed by atoms with E-state index in [0.29, 0.717) is 30.3 Å². The second-order valence-corrected chi connectivity index (χ2v) is 8.54. The van der Waals surface area contributed by atoms with Gasteiger partial charge < -0.3 is 14.2 Å². The fourth-order valence-electron chi connectivity index (χ4n) is 3.41. The Balaban J connectivity index is 1.47. The van der Waals surface area contributed by atoms with Crippen molar-refractivity contribution in [2.24, 2.45) is 0 Å². The zero-order valence-electron chi connectivity index (χ0n) is 15.3. The fraction of sp³-hybridized carbons (Fsp3) is 0.316. The lowest BCUT2D eigenvalue weighted by Crippen LogP contribution is -2.28. The quantitative estimate of drug-likeness (QED) is 0.842. The van der Waals surface area contributed by atoms with Crippen LogP contribution in [0.4, 0.5) is 10.5 Å². The lowest BCUT2D eigenvalue weighted by Gasteiger charge is -2.17. The molecule has 2 aliphatic heterocycles. The lowest BCUT2D eigenvalue weighted by molar-refractivity contribution is 0.174. The summed E-state index contributed by atoms with van der Waals surface area (Å²) < 4.78 is 42.7. The molecule has 1 fully saturated rings. The number of amides is 1. The SMILES string of the molecule is COC(=O)Nc1ccc(S(=O)(=O)N2CC[C@H](c3ccc4c(c3)OCO4)C2)cc1. The summed E-state index contributed by atoms with van der Waals surface area (Å²) in [6, 6.07) is 11.8. The predicted molar refractivity (Wildman–Crippen MR) is 101 cm³/mol. The molecule has 0 unspecified atom stereocenters. The second kappa shape index (κ2) is 7.33. The molecule has 9 heteroatoms. The van der Waals surface area contributed by atoms with Gasteiger partial charge in [-0.25, -0.2) is 13.2 Å². The predicted octanol–water partition coefficient (Wildman–Crippen LogP) is 2.77. The second-order valence-electron chi connectivity index (χ2n) is 6.60. The summed E-state index contributed by atoms with van der Waals surface area (Å²) in [5.41, 5.74) is 1.50. The Morgan fingerprint density at radius 2 is 1.89 bits per heavy atom. The number of anilines is 1. The van der Waals surface area contributed by atoms with E-state index >= 15 is 0 Å². The van der Waals surface area contributed by atoms with Gasteiger partial charge in [-0.05, 0) is 54.3 Å². The first kappa shape index (κ1) is 18.6. The van der Waals surface area contributed by atoms with Gasteiger partial charge in [0.05, 0.1) is 12.0 Å². The summed E-state index contributed by atoms with van der Waals surface area (Å²) in [5.74, 6) is 1.52. The summed E-state index contributed by atoms with van der Waals surface area (Å²) in [5, 5.41) is 2.50. The van der Waals surface area contributed by atoms with Crippen molar-refractivity contribution < 1.29 is 27.4 Å². The molecular weight excluding hydrogens is 384 g/mol. The number of carbonyl (C=O) groups is 1. The summed E-state index contributed by atoms with van der Waals surface area (Å²) >= 11 is 0. The Hall–Kier alpha value is -2.78. The smallest absolute Gasteiger partial charge is 0.411 e. The first-order valence-corrected chi connectivity index (χ1v) is 10.3. The van der Waals surface area contributed by atoms with Gasteiger partial charge in [0.1, 0.15) is 0 Å². The number of hydrogen-bond acceptors (Lipinski definition) is 6. The molecule has 28 heavy (non-hydrogen) atoms. The maximum atomic E-state index is 13.0. The largest absolute Gasteiger partial charge is 0.454 e. The molecule has 1 N–H and O–H groups in total. The van der Waals surface area contributed by atoms with Crippen LogP contribution in [0.25, 0.3) is 0 Å². The zero-order valence-corrected chi connectivity index (χ0v) is 16.1. The van der Waals surface area contributed by atoms with Gasteiger partial charge in [0.25, 0.3) is 0 Å². The highest BCUT2D eigenvalue weighted by molar-refractivity contribution is 7.89. The molecule has 2 aromatic carbocycles. The van der Waals surface area contributed by atoms with Crippen molar-refractivity contribution in [3.8, 4) is 11.5 Å². The normalized spacial score (nSPS) is 18.8. The fourth-order valence-corrected chi connectivity index (χ4v) is 4.91. The first-order valence-electron chi connectivity index (χ1n) is 8.82. The van der Waals surface area contributed by atoms with Crippen LogP contribution in [0.15, 0.2) is 47.4 Å². The van der Waals surface area contributed by atoms with Crippen LogP contribution in [0.1, 0.15) is 17.9 Å². The topological polar surface area (TPSA) is 94.2 Å². The van der Waals surface area contributed by atoms with Crippen molar-refractivity contribution in [1.82, 2.24) is 4.31 Å². The van der Waals surface area contributed by atoms with Crippen molar-refractivity contribution in [3.05, 3.63) is 48.0 Å². The monoisotopic (exact) mass is 404 g/mol. The van der Waals surface area contributed by atoms with Crippen LogP contribution >= 0.6 is 0 Å². The lowest BCUT2D eigenvalue weighted by atomic mass is 9.98. The van der Waals surface area contributed by atoms with E-state index in [1.165, 1.54) is 35.7 Å². The Kier molecular flexibility index (Phi) is 4.86. The first-order chi connectivity index (χ1) is 13.5. The van der Waals surface area contributed by atoms with Crippen LogP contribution in [0.3, 0.4) is 0 Å². The molecule has 0 aromatic heterocycles. The number of nitrogens with zero attached hydrogens (tertiary/aromatic N) is 1. The van der Waals surface area contributed by atoms with E-state index in [9.17, 15) is 13.2 Å². The maximum Gasteiger partial charge on any atom is 0.411 e. The van der Waals surface area contributed by atoms with Crippen molar-refractivity contribution in [2.45, 2.75) is 17.2 Å². The van der Waals surface area contributed by atoms with Gasteiger partial charge in [0.15, 0.2) is 11.5 Å². The van der Waals surface area contributed by atoms with Gasteiger partial charge in [-0.15, -0.1) is 0 Å². The molecule has 0 aliphatic carbocycles. The molecule has 2 heterocycles. The molecule has 1 amide bonds. The number of hydrogen-bond donors (Lipinski definition) is 1. The number of methoxy groups -OCH3 is 1. The van der Waals surface area contributed by atoms with Crippen LogP contribution in [0, 0.1) is 0 Å². The standard InChI is InChI=1S/C19H20N2O6S/c1-25-19(22)20-15-3-5-16(6-4-15)28(23,24)21-9-8-14(11-21)13-2-7-17-18(10-13)27-12-26-17/h2-7,10,14H,8-9,11-12H2,1H3,(H,20,22)/t14-/m0/s1. The van der Waals surface area contributed by atoms with E-state index in [2.05, 4.69) is 10.1 Å². The molecule has 0 bridgehead atoms. The number of benzene rings is 2. The molecule has 2 aromatic rings. The van der Waals surface area contributed by atoms with Gasteiger partial charge >= 0.3 is 6.09 Å². The van der Waals surface area contributed by atoms with E-state index < -0.39 is 16.1 Å². The minimum atomic E-state index is -3.61. The van der Waals surface area contributed by atoms with Crippen molar-refractivity contribution in [2.75, 3.05) is 32.3 Å². The maximum absolute atomic E-state index is 13.0. The molecule has 1 saturated heterocycles. The minimum Gasteiger partial charge on any atom is -0.454 e. The molecule has 0 radical (unpaired) electrons. The van der Waals surface area contributed by atoms with Crippen LogP contribution < -0.4 is 14.8 Å². The number of fused-ring (bicyclic) bond motifs is 1. The molecular formula is C19H20N2O6S. The van der Waals surface area contributed by atoms with Gasteiger partial charge in [0.2, 0.25) is 16.8 Å². The highest BCUT2D eigenvalue weighted by Gasteiger charge is 2.33. The van der Waals surface area contributed by atoms with Crippen LogP contribution in [-0.2, 0) is 14.8 Å². The third-order valence-electron chi connectivity index (χ3n) is 4.94. The van der Waals surface area contributed by atoms with Crippen LogP contribution in [-0.4, -0.2) is 45.8 Å². The van der Waals surface area contributed by atoms with Gasteiger partial charge in [-0.2, -0.15) is 4.31 Å². The Morgan fingerprint density at radius 3 is 2.64 bits per heavy atom. The summed E-state index contributed by atoms with van der Waals surface area (Å²) in [6.45, 7) is 1.07.